The van der Waals surface area contributed by atoms with Crippen molar-refractivity contribution in [1.82, 2.24) is 4.90 Å². The van der Waals surface area contributed by atoms with E-state index in [2.05, 4.69) is 5.32 Å². The predicted molar refractivity (Wildman–Crippen MR) is 106 cm³/mol. The smallest absolute Gasteiger partial charge is 0.233 e. The first-order valence-electron chi connectivity index (χ1n) is 10.1. The Kier molecular flexibility index (Phi) is 5.35. The number of halogens is 2. The summed E-state index contributed by atoms with van der Waals surface area (Å²) in [6.45, 7) is 0.937. The fourth-order valence-corrected chi connectivity index (χ4v) is 4.42. The minimum absolute atomic E-state index is 0.0359. The van der Waals surface area contributed by atoms with Gasteiger partial charge >= 0.3 is 0 Å². The summed E-state index contributed by atoms with van der Waals surface area (Å²) in [6, 6.07) is 12.8. The number of para-hydroxylation sites is 1. The summed E-state index contributed by atoms with van der Waals surface area (Å²) in [5, 5.41) is 2.92. The molecule has 4 nitrogen and oxygen atoms in total. The van der Waals surface area contributed by atoms with E-state index >= 15 is 0 Å². The summed E-state index contributed by atoms with van der Waals surface area (Å²) in [5.41, 5.74) is 0.159. The Morgan fingerprint density at radius 3 is 2.28 bits per heavy atom. The van der Waals surface area contributed by atoms with Crippen LogP contribution in [0.1, 0.15) is 37.7 Å². The summed E-state index contributed by atoms with van der Waals surface area (Å²) in [6.07, 6.45) is 3.14. The second-order valence-corrected chi connectivity index (χ2v) is 7.98. The van der Waals surface area contributed by atoms with Gasteiger partial charge in [0.15, 0.2) is 0 Å². The van der Waals surface area contributed by atoms with Crippen LogP contribution < -0.4 is 5.32 Å². The molecule has 2 fully saturated rings. The van der Waals surface area contributed by atoms with Gasteiger partial charge in [-0.15, -0.1) is 0 Å². The third-order valence-corrected chi connectivity index (χ3v) is 6.26. The number of amides is 2. The molecule has 6 heteroatoms. The van der Waals surface area contributed by atoms with Crippen molar-refractivity contribution in [1.29, 1.82) is 0 Å². The van der Waals surface area contributed by atoms with Crippen LogP contribution in [0, 0.1) is 17.6 Å². The molecule has 2 aromatic rings. The molecule has 2 aromatic carbocycles. The molecule has 0 bridgehead atoms. The van der Waals surface area contributed by atoms with Crippen molar-refractivity contribution in [2.24, 2.45) is 5.92 Å². The largest absolute Gasteiger partial charge is 0.342 e. The van der Waals surface area contributed by atoms with Crippen molar-refractivity contribution >= 4 is 17.5 Å². The molecular weight excluding hydrogens is 374 g/mol. The molecule has 0 atom stereocenters. The Morgan fingerprint density at radius 1 is 1.00 bits per heavy atom. The number of rotatable bonds is 4. The lowest BCUT2D eigenvalue weighted by Gasteiger charge is -2.45. The normalized spacial score (nSPS) is 18.8. The standard InChI is InChI=1S/C23H24F2N2O2/c24-17-7-8-19(20(25)15-17)23(11-4-12-23)22(29)27-13-9-16(10-14-27)21(28)26-18-5-2-1-3-6-18/h1-3,5-8,15-16H,4,9-14H2,(H,26,28). The molecule has 0 radical (unpaired) electrons. The Bertz CT molecular complexity index is 904. The maximum Gasteiger partial charge on any atom is 0.233 e. The number of piperidine rings is 1. The second kappa shape index (κ2) is 7.93. The number of carbonyl (C=O) groups is 2. The molecule has 1 heterocycles. The molecule has 0 spiro atoms. The number of carbonyl (C=O) groups excluding carboxylic acids is 2. The van der Waals surface area contributed by atoms with Crippen molar-refractivity contribution in [3.8, 4) is 0 Å². The zero-order valence-electron chi connectivity index (χ0n) is 16.2. The van der Waals surface area contributed by atoms with Crippen molar-refractivity contribution in [3.63, 3.8) is 0 Å². The Labute approximate surface area is 168 Å². The molecule has 2 aliphatic rings. The van der Waals surface area contributed by atoms with Gasteiger partial charge in [-0.25, -0.2) is 8.78 Å². The quantitative estimate of drug-likeness (QED) is 0.837. The fourth-order valence-electron chi connectivity index (χ4n) is 4.42. The summed E-state index contributed by atoms with van der Waals surface area (Å²) >= 11 is 0. The highest BCUT2D eigenvalue weighted by Crippen LogP contribution is 2.46. The molecule has 152 valence electrons. The topological polar surface area (TPSA) is 49.4 Å². The summed E-state index contributed by atoms with van der Waals surface area (Å²) in [7, 11) is 0. The highest BCUT2D eigenvalue weighted by molar-refractivity contribution is 5.93. The lowest BCUT2D eigenvalue weighted by Crippen LogP contribution is -2.54. The number of likely N-dealkylation sites (tertiary alicyclic amines) is 1. The minimum atomic E-state index is -0.892. The molecule has 1 aliphatic heterocycles. The van der Waals surface area contributed by atoms with E-state index in [-0.39, 0.29) is 17.7 Å². The molecule has 29 heavy (non-hydrogen) atoms. The molecule has 1 aliphatic carbocycles. The SMILES string of the molecule is O=C(Nc1ccccc1)C1CCN(C(=O)C2(c3ccc(F)cc3F)CCC2)CC1. The van der Waals surface area contributed by atoms with E-state index < -0.39 is 17.0 Å². The van der Waals surface area contributed by atoms with Crippen molar-refractivity contribution < 1.29 is 18.4 Å². The van der Waals surface area contributed by atoms with E-state index in [1.54, 1.807) is 4.90 Å². The van der Waals surface area contributed by atoms with Gasteiger partial charge in [-0.3, -0.25) is 9.59 Å². The lowest BCUT2D eigenvalue weighted by molar-refractivity contribution is -0.143. The van der Waals surface area contributed by atoms with Crippen molar-refractivity contribution in [3.05, 3.63) is 65.7 Å². The first kappa shape index (κ1) is 19.6. The monoisotopic (exact) mass is 398 g/mol. The van der Waals surface area contributed by atoms with E-state index in [4.69, 9.17) is 0 Å². The van der Waals surface area contributed by atoms with Gasteiger partial charge in [-0.05, 0) is 43.9 Å². The number of nitrogens with one attached hydrogen (secondary N) is 1. The van der Waals surface area contributed by atoms with Gasteiger partial charge in [0.2, 0.25) is 11.8 Å². The fraction of sp³-hybridized carbons (Fsp3) is 0.391. The maximum atomic E-state index is 14.4. The zero-order chi connectivity index (χ0) is 20.4. The molecule has 0 aromatic heterocycles. The van der Waals surface area contributed by atoms with E-state index in [0.29, 0.717) is 44.3 Å². The Morgan fingerprint density at radius 2 is 1.69 bits per heavy atom. The molecule has 1 N–H and O–H groups in total. The average Bonchev–Trinajstić information content (AvgIpc) is 2.69. The minimum Gasteiger partial charge on any atom is -0.342 e. The number of hydrogen-bond acceptors (Lipinski definition) is 2. The maximum absolute atomic E-state index is 14.4. The van der Waals surface area contributed by atoms with Crippen LogP contribution in [-0.4, -0.2) is 29.8 Å². The van der Waals surface area contributed by atoms with Crippen molar-refractivity contribution in [2.75, 3.05) is 18.4 Å². The average molecular weight is 398 g/mol. The summed E-state index contributed by atoms with van der Waals surface area (Å²) in [4.78, 5) is 27.5. The van der Waals surface area contributed by atoms with Crippen LogP contribution >= 0.6 is 0 Å². The highest BCUT2D eigenvalue weighted by atomic mass is 19.1. The van der Waals surface area contributed by atoms with Crippen LogP contribution in [-0.2, 0) is 15.0 Å². The summed E-state index contributed by atoms with van der Waals surface area (Å²) < 4.78 is 27.7. The molecule has 0 unspecified atom stereocenters. The van der Waals surface area contributed by atoms with Gasteiger partial charge in [0.05, 0.1) is 5.41 Å². The van der Waals surface area contributed by atoms with Crippen LogP contribution in [0.15, 0.2) is 48.5 Å². The highest BCUT2D eigenvalue weighted by Gasteiger charge is 2.49. The van der Waals surface area contributed by atoms with Gasteiger partial charge in [-0.1, -0.05) is 30.7 Å². The van der Waals surface area contributed by atoms with E-state index in [9.17, 15) is 18.4 Å². The molecule has 4 rings (SSSR count). The molecular formula is C23H24F2N2O2. The first-order chi connectivity index (χ1) is 14.0. The van der Waals surface area contributed by atoms with Gasteiger partial charge in [0.25, 0.3) is 0 Å². The molecule has 1 saturated carbocycles. The third-order valence-electron chi connectivity index (χ3n) is 6.26. The third kappa shape index (κ3) is 3.76. The van der Waals surface area contributed by atoms with Crippen LogP contribution in [0.4, 0.5) is 14.5 Å². The second-order valence-electron chi connectivity index (χ2n) is 7.98. The van der Waals surface area contributed by atoms with Crippen molar-refractivity contribution in [2.45, 2.75) is 37.5 Å². The van der Waals surface area contributed by atoms with E-state index in [1.807, 2.05) is 30.3 Å². The van der Waals surface area contributed by atoms with Gasteiger partial charge in [0.1, 0.15) is 11.6 Å². The zero-order valence-corrected chi connectivity index (χ0v) is 16.2. The van der Waals surface area contributed by atoms with Crippen LogP contribution in [0.3, 0.4) is 0 Å². The van der Waals surface area contributed by atoms with Crippen LogP contribution in [0.2, 0.25) is 0 Å². The van der Waals surface area contributed by atoms with Gasteiger partial charge in [-0.2, -0.15) is 0 Å². The van der Waals surface area contributed by atoms with E-state index in [0.717, 1.165) is 18.2 Å². The Hall–Kier alpha value is -2.76. The number of hydrogen-bond donors (Lipinski definition) is 1. The summed E-state index contributed by atoms with van der Waals surface area (Å²) in [5.74, 6) is -1.59. The predicted octanol–water partition coefficient (Wildman–Crippen LogP) is 4.26. The van der Waals surface area contributed by atoms with Crippen LogP contribution in [0.5, 0.6) is 0 Å². The van der Waals surface area contributed by atoms with Crippen LogP contribution in [0.25, 0.3) is 0 Å². The molecule has 2 amide bonds. The van der Waals surface area contributed by atoms with E-state index in [1.165, 1.54) is 12.1 Å². The Balaban J connectivity index is 1.41. The van der Waals surface area contributed by atoms with Gasteiger partial charge in [0, 0.05) is 36.3 Å². The lowest BCUT2D eigenvalue weighted by atomic mass is 9.63. The number of nitrogens with zero attached hydrogens (tertiary/aromatic N) is 1. The number of anilines is 1. The first-order valence-corrected chi connectivity index (χ1v) is 10.1. The molecule has 1 saturated heterocycles. The number of benzene rings is 2. The van der Waals surface area contributed by atoms with Gasteiger partial charge < -0.3 is 10.2 Å².